The molecule has 7 aromatic rings. The molecule has 5 aliphatic carbocycles. The number of nitrogens with two attached hydrogens (primary N) is 1. The molecule has 3 saturated heterocycles. The van der Waals surface area contributed by atoms with Crippen LogP contribution >= 0.6 is 34.0 Å². The highest BCUT2D eigenvalue weighted by molar-refractivity contribution is 7.19. The number of aryl methyl sites for hydroxylation is 2. The largest absolute Gasteiger partial charge is 0.462 e. The Morgan fingerprint density at radius 2 is 1.11 bits per heavy atom. The third-order valence-electron chi connectivity index (χ3n) is 21.1. The molecule has 9 atom stereocenters. The highest BCUT2D eigenvalue weighted by atomic mass is 32.1. The van der Waals surface area contributed by atoms with Gasteiger partial charge in [-0.05, 0) is 104 Å². The number of likely N-dealkylation sites (tertiary alicyclic amines) is 2. The molecule has 1 saturated carbocycles. The number of aromatic nitrogens is 4. The maximum atomic E-state index is 13.8. The minimum atomic E-state index is -0.826. The predicted molar refractivity (Wildman–Crippen MR) is 362 cm³/mol. The van der Waals surface area contributed by atoms with Crippen molar-refractivity contribution in [1.29, 1.82) is 0 Å². The molecule has 2 unspecified atom stereocenters. The summed E-state index contributed by atoms with van der Waals surface area (Å²) in [7, 11) is 7.15. The van der Waals surface area contributed by atoms with Crippen molar-refractivity contribution in [2.45, 2.75) is 140 Å². The SMILES string of the molecule is CCOC(=O)c1c(N)sc2c1CCC(F)C2.CN1CC(=O)N[C@H]2CN(C(=O)OCC3c4ccccc4-c4ccccc43)C[C@H]2C1=O.CN1C[C@H]2C(=O)N(C)Cc3nc4sc5c(c4c(=O)n3[C@H]2C1)CC[C@@H](F)C5.CN1Cc2nc3sc4c(c3c(=O)n2[C@H]2CCC[C@H]2C1=O)CCC(F)C4. The fourth-order valence-corrected chi connectivity index (χ4v) is 20.2. The average Bonchev–Trinajstić information content (AvgIpc) is 1.61. The zero-order chi connectivity index (χ0) is 68.0. The number of rotatable bonds is 4. The highest BCUT2D eigenvalue weighted by Gasteiger charge is 2.47. The Hall–Kier alpha value is -8.01. The van der Waals surface area contributed by atoms with Gasteiger partial charge in [0.25, 0.3) is 11.1 Å². The van der Waals surface area contributed by atoms with Crippen LogP contribution in [0.15, 0.2) is 58.1 Å². The number of nitrogen functional groups attached to an aromatic ring is 1. The highest BCUT2D eigenvalue weighted by Crippen LogP contribution is 2.46. The number of hydrogen-bond donors (Lipinski definition) is 2. The summed E-state index contributed by atoms with van der Waals surface area (Å²) in [5.74, 6) is 0.0575. The Bertz CT molecular complexity index is 4430. The van der Waals surface area contributed by atoms with Crippen molar-refractivity contribution < 1.29 is 51.4 Å². The molecule has 2 aromatic carbocycles. The second kappa shape index (κ2) is 26.7. The molecule has 10 aliphatic rings. The molecule has 5 aliphatic heterocycles. The second-order valence-corrected chi connectivity index (χ2v) is 30.6. The fraction of sp³-hybridized carbons (Fsp3) is 0.514. The van der Waals surface area contributed by atoms with Gasteiger partial charge >= 0.3 is 12.1 Å². The lowest BCUT2D eigenvalue weighted by Gasteiger charge is -2.20. The van der Waals surface area contributed by atoms with E-state index in [4.69, 9.17) is 25.2 Å². The number of likely N-dealkylation sites (N-methyl/N-ethyl adjacent to an activating group) is 2. The fourth-order valence-electron chi connectivity index (χ4n) is 16.4. The summed E-state index contributed by atoms with van der Waals surface area (Å²) >= 11 is 4.22. The molecule has 0 bridgehead atoms. The molecule has 10 heterocycles. The first-order chi connectivity index (χ1) is 46.6. The van der Waals surface area contributed by atoms with E-state index >= 15 is 0 Å². The van der Waals surface area contributed by atoms with Crippen molar-refractivity contribution >= 4 is 95.1 Å². The zero-order valence-electron chi connectivity index (χ0n) is 54.8. The lowest BCUT2D eigenvalue weighted by Crippen LogP contribution is -2.41. The van der Waals surface area contributed by atoms with Gasteiger partial charge in [0.15, 0.2) is 0 Å². The van der Waals surface area contributed by atoms with Crippen LogP contribution in [-0.2, 0) is 80.3 Å². The van der Waals surface area contributed by atoms with Crippen molar-refractivity contribution in [2.75, 3.05) is 79.9 Å². The number of carbonyl (C=O) groups is 6. The van der Waals surface area contributed by atoms with E-state index in [1.54, 1.807) is 47.0 Å². The first-order valence-corrected chi connectivity index (χ1v) is 36.0. The first-order valence-electron chi connectivity index (χ1n) is 33.6. The van der Waals surface area contributed by atoms with Crippen LogP contribution in [0.25, 0.3) is 31.6 Å². The van der Waals surface area contributed by atoms with Crippen molar-refractivity contribution in [3.05, 3.63) is 129 Å². The van der Waals surface area contributed by atoms with Gasteiger partial charge in [-0.2, -0.15) is 0 Å². The molecule has 27 heteroatoms. The third-order valence-corrected chi connectivity index (χ3v) is 24.4. The van der Waals surface area contributed by atoms with E-state index < -0.39 is 30.5 Å². The first kappa shape index (κ1) is 66.2. The number of benzene rings is 2. The maximum Gasteiger partial charge on any atom is 0.409 e. The Morgan fingerprint density at radius 3 is 1.69 bits per heavy atom. The molecular weight excluding hydrogens is 1310 g/mol. The van der Waals surface area contributed by atoms with Crippen LogP contribution in [0, 0.1) is 17.8 Å². The smallest absolute Gasteiger partial charge is 0.409 e. The van der Waals surface area contributed by atoms with Gasteiger partial charge in [0.2, 0.25) is 23.6 Å². The monoisotopic (exact) mass is 1390 g/mol. The van der Waals surface area contributed by atoms with Crippen LogP contribution in [-0.4, -0.2) is 178 Å². The molecule has 0 spiro atoms. The number of ether oxygens (including phenoxy) is 2. The summed E-state index contributed by atoms with van der Waals surface area (Å²) in [6, 6.07) is 15.7. The van der Waals surface area contributed by atoms with Crippen LogP contribution in [0.5, 0.6) is 0 Å². The Balaban J connectivity index is 0.000000113. The van der Waals surface area contributed by atoms with Gasteiger partial charge in [-0.25, -0.2) is 32.7 Å². The quantitative estimate of drug-likeness (QED) is 0.158. The van der Waals surface area contributed by atoms with Gasteiger partial charge in [0.05, 0.1) is 78.5 Å². The number of fused-ring (bicyclic) bond motifs is 17. The van der Waals surface area contributed by atoms with Crippen LogP contribution < -0.4 is 22.2 Å². The Kier molecular flexibility index (Phi) is 18.2. The van der Waals surface area contributed by atoms with Crippen LogP contribution in [0.2, 0.25) is 0 Å². The van der Waals surface area contributed by atoms with Gasteiger partial charge in [-0.3, -0.25) is 37.9 Å². The Labute approximate surface area is 569 Å². The van der Waals surface area contributed by atoms with Gasteiger partial charge < -0.3 is 45.0 Å². The second-order valence-electron chi connectivity index (χ2n) is 27.3. The lowest BCUT2D eigenvalue weighted by molar-refractivity contribution is -0.135. The van der Waals surface area contributed by atoms with Gasteiger partial charge in [-0.1, -0.05) is 55.0 Å². The van der Waals surface area contributed by atoms with Crippen LogP contribution in [0.4, 0.5) is 23.0 Å². The molecule has 0 radical (unpaired) electrons. The predicted octanol–water partition coefficient (Wildman–Crippen LogP) is 8.12. The summed E-state index contributed by atoms with van der Waals surface area (Å²) in [6.07, 6.45) is 4.12. The van der Waals surface area contributed by atoms with Gasteiger partial charge in [0, 0.05) is 87.1 Å². The number of esters is 1. The number of amides is 5. The molecular formula is C70H78F3N11O10S3. The average molecular weight is 1390 g/mol. The molecule has 21 nitrogen and oxygen atoms in total. The van der Waals surface area contributed by atoms with Gasteiger partial charge in [0.1, 0.15) is 51.4 Å². The lowest BCUT2D eigenvalue weighted by atomic mass is 9.94. The van der Waals surface area contributed by atoms with E-state index in [-0.39, 0.29) is 103 Å². The van der Waals surface area contributed by atoms with E-state index in [2.05, 4.69) is 34.5 Å². The number of hydrogen-bond acceptors (Lipinski definition) is 17. The minimum absolute atomic E-state index is 0.0121. The molecule has 5 aromatic heterocycles. The molecule has 3 N–H and O–H groups in total. The summed E-state index contributed by atoms with van der Waals surface area (Å²) < 4.78 is 55.0. The van der Waals surface area contributed by atoms with E-state index in [0.29, 0.717) is 133 Å². The topological polar surface area (TPSA) is 245 Å². The number of anilines is 1. The molecule has 97 heavy (non-hydrogen) atoms. The summed E-state index contributed by atoms with van der Waals surface area (Å²) in [5.41, 5.74) is 13.7. The van der Waals surface area contributed by atoms with Crippen LogP contribution in [0.1, 0.15) is 128 Å². The summed E-state index contributed by atoms with van der Waals surface area (Å²) in [6.45, 7) is 4.94. The van der Waals surface area contributed by atoms with E-state index in [0.717, 1.165) is 61.7 Å². The number of thiophene rings is 3. The number of alkyl halides is 3. The van der Waals surface area contributed by atoms with Crippen molar-refractivity contribution in [3.8, 4) is 11.1 Å². The van der Waals surface area contributed by atoms with Crippen molar-refractivity contribution in [1.82, 2.24) is 48.9 Å². The maximum absolute atomic E-state index is 13.8. The van der Waals surface area contributed by atoms with Gasteiger partial charge in [-0.15, -0.1) is 34.0 Å². The van der Waals surface area contributed by atoms with Crippen molar-refractivity contribution in [2.24, 2.45) is 17.8 Å². The molecule has 5 amide bonds. The van der Waals surface area contributed by atoms with E-state index in [1.165, 1.54) is 54.9 Å². The summed E-state index contributed by atoms with van der Waals surface area (Å²) in [5, 5.41) is 4.65. The molecule has 17 rings (SSSR count). The van der Waals surface area contributed by atoms with E-state index in [9.17, 15) is 51.5 Å². The standard InChI is InChI=1S/C23H23N3O4.C18H21FN4O2S.C18H20FN3O2S.C11H14FNO2S/c1-25-12-21(27)24-20-11-26(10-18(20)22(25)28)23(29)30-13-19-16-8-4-2-6-14(16)15-7-3-5-9-17(15)19;1-21-6-11-12(7-21)23-14(8-22(2)17(11)24)20-16-15(18(23)25)10-4-3-9(19)5-13(10)26-16;1-21-8-14-20-16-15(11-6-5-9(19)7-13(11)25-16)18(24)22(14)12-4-2-3-10(12)17(21)23;1-2-15-11(14)9-7-4-3-6(12)5-8(7)16-10(9)13/h2-9,18-20H,10-13H2,1H3,(H,24,27);9,11-12H,3-8H2,1-2H3;9-10,12H,2-8H2,1H3;6H,2-5,13H2,1H3/t18-,20+;9-,11-,12+;9?,10-,12+;/m111./s1. The third kappa shape index (κ3) is 12.2. The number of nitrogens with one attached hydrogen (secondary N) is 1. The summed E-state index contributed by atoms with van der Waals surface area (Å²) in [4.78, 5) is 124. The molecule has 4 fully saturated rings. The van der Waals surface area contributed by atoms with Crippen molar-refractivity contribution in [3.63, 3.8) is 0 Å². The zero-order valence-corrected chi connectivity index (χ0v) is 57.2. The normalized spacial score (nSPS) is 25.3. The number of carbonyl (C=O) groups excluding carboxylic acids is 6. The van der Waals surface area contributed by atoms with Crippen LogP contribution in [0.3, 0.4) is 0 Å². The number of nitrogens with zero attached hydrogens (tertiary/aromatic N) is 9. The minimum Gasteiger partial charge on any atom is -0.462 e. The molecule has 512 valence electrons. The number of halogens is 3. The van der Waals surface area contributed by atoms with E-state index in [1.807, 2.05) is 31.3 Å². The Morgan fingerprint density at radius 1 is 0.598 bits per heavy atom.